The maximum Gasteiger partial charge on any atom is 0.119 e. The standard InChI is InChI=1S/C12H18O2/c1-12(2,3)10-4-6-11(7-5-10)14-9-8-13/h4-7,13H,8-9H2,1-3H3. The molecule has 0 spiro atoms. The van der Waals surface area contributed by atoms with Crippen molar-refractivity contribution in [3.05, 3.63) is 29.8 Å². The van der Waals surface area contributed by atoms with Gasteiger partial charge in [-0.2, -0.15) is 0 Å². The SMILES string of the molecule is CC(C)(C)c1ccc(OCCO)cc1. The number of aliphatic hydroxyl groups excluding tert-OH is 1. The van der Waals surface area contributed by atoms with Crippen molar-refractivity contribution >= 4 is 0 Å². The van der Waals surface area contributed by atoms with Gasteiger partial charge in [0.1, 0.15) is 12.4 Å². The summed E-state index contributed by atoms with van der Waals surface area (Å²) in [5, 5.41) is 8.59. The lowest BCUT2D eigenvalue weighted by atomic mass is 9.87. The summed E-state index contributed by atoms with van der Waals surface area (Å²) in [6, 6.07) is 8.01. The Morgan fingerprint density at radius 3 is 2.14 bits per heavy atom. The number of hydrogen-bond acceptors (Lipinski definition) is 2. The molecule has 0 unspecified atom stereocenters. The summed E-state index contributed by atoms with van der Waals surface area (Å²) < 4.78 is 5.27. The van der Waals surface area contributed by atoms with E-state index in [1.54, 1.807) is 0 Å². The van der Waals surface area contributed by atoms with E-state index in [1.807, 2.05) is 12.1 Å². The van der Waals surface area contributed by atoms with Crippen LogP contribution in [0.5, 0.6) is 5.75 Å². The Morgan fingerprint density at radius 2 is 1.71 bits per heavy atom. The fraction of sp³-hybridized carbons (Fsp3) is 0.500. The molecule has 0 radical (unpaired) electrons. The maximum atomic E-state index is 8.59. The van der Waals surface area contributed by atoms with Crippen LogP contribution in [0.2, 0.25) is 0 Å². The maximum absolute atomic E-state index is 8.59. The molecule has 0 fully saturated rings. The molecule has 0 aliphatic heterocycles. The topological polar surface area (TPSA) is 29.5 Å². The van der Waals surface area contributed by atoms with Crippen molar-refractivity contribution < 1.29 is 9.84 Å². The summed E-state index contributed by atoms with van der Waals surface area (Å²) >= 11 is 0. The molecule has 0 saturated carbocycles. The lowest BCUT2D eigenvalue weighted by molar-refractivity contribution is 0.201. The van der Waals surface area contributed by atoms with Crippen LogP contribution >= 0.6 is 0 Å². The van der Waals surface area contributed by atoms with Gasteiger partial charge in [0.25, 0.3) is 0 Å². The molecule has 2 heteroatoms. The highest BCUT2D eigenvalue weighted by Gasteiger charge is 2.12. The second kappa shape index (κ2) is 4.47. The molecule has 78 valence electrons. The monoisotopic (exact) mass is 194 g/mol. The average Bonchev–Trinajstić information content (AvgIpc) is 2.14. The minimum Gasteiger partial charge on any atom is -0.491 e. The van der Waals surface area contributed by atoms with E-state index in [4.69, 9.17) is 9.84 Å². The molecule has 1 N–H and O–H groups in total. The van der Waals surface area contributed by atoms with Crippen molar-refractivity contribution in [2.24, 2.45) is 0 Å². The third kappa shape index (κ3) is 3.04. The van der Waals surface area contributed by atoms with Crippen molar-refractivity contribution in [1.82, 2.24) is 0 Å². The van der Waals surface area contributed by atoms with E-state index in [1.165, 1.54) is 5.56 Å². The predicted octanol–water partition coefficient (Wildman–Crippen LogP) is 2.36. The zero-order valence-electron chi connectivity index (χ0n) is 9.08. The van der Waals surface area contributed by atoms with Crippen LogP contribution in [-0.4, -0.2) is 18.3 Å². The second-order valence-electron chi connectivity index (χ2n) is 4.35. The highest BCUT2D eigenvalue weighted by Crippen LogP contribution is 2.24. The van der Waals surface area contributed by atoms with Crippen LogP contribution in [0.3, 0.4) is 0 Å². The summed E-state index contributed by atoms with van der Waals surface area (Å²) in [5.41, 5.74) is 1.46. The van der Waals surface area contributed by atoms with Gasteiger partial charge >= 0.3 is 0 Å². The van der Waals surface area contributed by atoms with Crippen LogP contribution in [-0.2, 0) is 5.41 Å². The van der Waals surface area contributed by atoms with Gasteiger partial charge in [-0.1, -0.05) is 32.9 Å². The molecule has 0 amide bonds. The van der Waals surface area contributed by atoms with E-state index in [-0.39, 0.29) is 12.0 Å². The van der Waals surface area contributed by atoms with Gasteiger partial charge in [-0.25, -0.2) is 0 Å². The van der Waals surface area contributed by atoms with E-state index < -0.39 is 0 Å². The van der Waals surface area contributed by atoms with Crippen LogP contribution in [0, 0.1) is 0 Å². The average molecular weight is 194 g/mol. The van der Waals surface area contributed by atoms with Gasteiger partial charge in [0.2, 0.25) is 0 Å². The molecule has 0 bridgehead atoms. The molecule has 0 heterocycles. The zero-order valence-corrected chi connectivity index (χ0v) is 9.08. The molecule has 1 aromatic rings. The fourth-order valence-corrected chi connectivity index (χ4v) is 1.21. The van der Waals surface area contributed by atoms with E-state index in [2.05, 4.69) is 32.9 Å². The van der Waals surface area contributed by atoms with E-state index in [0.717, 1.165) is 5.75 Å². The molecule has 0 atom stereocenters. The lowest BCUT2D eigenvalue weighted by Crippen LogP contribution is -2.10. The third-order valence-corrected chi connectivity index (χ3v) is 2.08. The Hall–Kier alpha value is -1.02. The van der Waals surface area contributed by atoms with Gasteiger partial charge in [-0.3, -0.25) is 0 Å². The van der Waals surface area contributed by atoms with Crippen molar-refractivity contribution in [3.8, 4) is 5.75 Å². The fourth-order valence-electron chi connectivity index (χ4n) is 1.21. The minimum absolute atomic E-state index is 0.0566. The summed E-state index contributed by atoms with van der Waals surface area (Å²) in [6.45, 7) is 6.94. The Kier molecular flexibility index (Phi) is 3.53. The van der Waals surface area contributed by atoms with Crippen LogP contribution in [0.25, 0.3) is 0 Å². The number of hydrogen-bond donors (Lipinski definition) is 1. The van der Waals surface area contributed by atoms with Gasteiger partial charge < -0.3 is 9.84 Å². The molecular weight excluding hydrogens is 176 g/mol. The molecule has 0 aliphatic carbocycles. The van der Waals surface area contributed by atoms with Crippen molar-refractivity contribution in [2.45, 2.75) is 26.2 Å². The van der Waals surface area contributed by atoms with E-state index in [9.17, 15) is 0 Å². The van der Waals surface area contributed by atoms with Crippen LogP contribution < -0.4 is 4.74 Å². The summed E-state index contributed by atoms with van der Waals surface area (Å²) in [7, 11) is 0. The number of benzene rings is 1. The van der Waals surface area contributed by atoms with Gasteiger partial charge in [-0.15, -0.1) is 0 Å². The second-order valence-corrected chi connectivity index (χ2v) is 4.35. The van der Waals surface area contributed by atoms with Crippen LogP contribution in [0.1, 0.15) is 26.3 Å². The summed E-state index contributed by atoms with van der Waals surface area (Å²) in [4.78, 5) is 0. The third-order valence-electron chi connectivity index (χ3n) is 2.08. The quantitative estimate of drug-likeness (QED) is 0.800. The Balaban J connectivity index is 2.69. The van der Waals surface area contributed by atoms with Crippen LogP contribution in [0.15, 0.2) is 24.3 Å². The van der Waals surface area contributed by atoms with Gasteiger partial charge in [0, 0.05) is 0 Å². The first-order chi connectivity index (χ1) is 6.54. The summed E-state index contributed by atoms with van der Waals surface area (Å²) in [5.74, 6) is 0.812. The van der Waals surface area contributed by atoms with Crippen molar-refractivity contribution in [1.29, 1.82) is 0 Å². The molecule has 1 rings (SSSR count). The Bertz CT molecular complexity index is 269. The first-order valence-electron chi connectivity index (χ1n) is 4.88. The largest absolute Gasteiger partial charge is 0.491 e. The van der Waals surface area contributed by atoms with Gasteiger partial charge in [-0.05, 0) is 23.1 Å². The predicted molar refractivity (Wildman–Crippen MR) is 57.7 cm³/mol. The highest BCUT2D eigenvalue weighted by atomic mass is 16.5. The molecule has 14 heavy (non-hydrogen) atoms. The van der Waals surface area contributed by atoms with Gasteiger partial charge in [0.05, 0.1) is 6.61 Å². The molecule has 2 nitrogen and oxygen atoms in total. The van der Waals surface area contributed by atoms with Crippen molar-refractivity contribution in [3.63, 3.8) is 0 Å². The number of rotatable bonds is 3. The van der Waals surface area contributed by atoms with E-state index in [0.29, 0.717) is 6.61 Å². The molecular formula is C12H18O2. The van der Waals surface area contributed by atoms with Crippen LogP contribution in [0.4, 0.5) is 0 Å². The Labute approximate surface area is 85.5 Å². The number of aliphatic hydroxyl groups is 1. The zero-order chi connectivity index (χ0) is 10.6. The smallest absolute Gasteiger partial charge is 0.119 e. The summed E-state index contributed by atoms with van der Waals surface area (Å²) in [6.07, 6.45) is 0. The van der Waals surface area contributed by atoms with E-state index >= 15 is 0 Å². The number of ether oxygens (including phenoxy) is 1. The lowest BCUT2D eigenvalue weighted by Gasteiger charge is -2.19. The molecule has 1 aromatic carbocycles. The Morgan fingerprint density at radius 1 is 1.14 bits per heavy atom. The first kappa shape index (κ1) is 11.1. The minimum atomic E-state index is 0.0566. The molecule has 0 saturated heterocycles. The van der Waals surface area contributed by atoms with Gasteiger partial charge in [0.15, 0.2) is 0 Å². The highest BCUT2D eigenvalue weighted by molar-refractivity contribution is 5.30. The molecule has 0 aliphatic rings. The molecule has 0 aromatic heterocycles. The first-order valence-corrected chi connectivity index (χ1v) is 4.88. The van der Waals surface area contributed by atoms with Crippen molar-refractivity contribution in [2.75, 3.05) is 13.2 Å². The normalized spacial score (nSPS) is 11.4.